The molecule has 100 valence electrons. The van der Waals surface area contributed by atoms with Gasteiger partial charge in [0.25, 0.3) is 0 Å². The summed E-state index contributed by atoms with van der Waals surface area (Å²) < 4.78 is 18.8. The maximum absolute atomic E-state index is 13.4. The maximum Gasteiger partial charge on any atom is 0.124 e. The average molecular weight is 251 g/mol. The SMILES string of the molecule is COc1ccc(F)cc1C1(N)CCC(C)(C)CC1. The topological polar surface area (TPSA) is 35.2 Å². The van der Waals surface area contributed by atoms with Gasteiger partial charge in [0.2, 0.25) is 0 Å². The Labute approximate surface area is 108 Å². The Bertz CT molecular complexity index is 432. The molecule has 0 atom stereocenters. The van der Waals surface area contributed by atoms with E-state index >= 15 is 0 Å². The van der Waals surface area contributed by atoms with Crippen molar-refractivity contribution in [2.75, 3.05) is 7.11 Å². The highest BCUT2D eigenvalue weighted by Crippen LogP contribution is 2.45. The third-order valence-electron chi connectivity index (χ3n) is 4.19. The minimum Gasteiger partial charge on any atom is -0.496 e. The molecule has 1 aliphatic rings. The Morgan fingerprint density at radius 3 is 2.33 bits per heavy atom. The van der Waals surface area contributed by atoms with E-state index in [0.717, 1.165) is 31.2 Å². The van der Waals surface area contributed by atoms with Crippen molar-refractivity contribution in [3.05, 3.63) is 29.6 Å². The molecule has 1 fully saturated rings. The molecule has 0 aliphatic heterocycles. The number of rotatable bonds is 2. The summed E-state index contributed by atoms with van der Waals surface area (Å²) >= 11 is 0. The van der Waals surface area contributed by atoms with Gasteiger partial charge in [0.05, 0.1) is 7.11 Å². The van der Waals surface area contributed by atoms with Gasteiger partial charge in [0.15, 0.2) is 0 Å². The van der Waals surface area contributed by atoms with Crippen LogP contribution in [0.15, 0.2) is 18.2 Å². The second-order valence-corrected chi connectivity index (χ2v) is 6.16. The fourth-order valence-electron chi connectivity index (χ4n) is 2.71. The Kier molecular flexibility index (Phi) is 3.37. The summed E-state index contributed by atoms with van der Waals surface area (Å²) in [5, 5.41) is 0. The van der Waals surface area contributed by atoms with Gasteiger partial charge in [-0.05, 0) is 49.3 Å². The van der Waals surface area contributed by atoms with Crippen molar-refractivity contribution in [2.45, 2.75) is 45.1 Å². The highest BCUT2D eigenvalue weighted by atomic mass is 19.1. The summed E-state index contributed by atoms with van der Waals surface area (Å²) in [5.41, 5.74) is 7.19. The molecule has 0 bridgehead atoms. The Morgan fingerprint density at radius 1 is 1.17 bits per heavy atom. The van der Waals surface area contributed by atoms with E-state index in [2.05, 4.69) is 13.8 Å². The standard InChI is InChI=1S/C15H22FNO/c1-14(2)6-8-15(17,9-7-14)12-10-11(16)4-5-13(12)18-3/h4-5,10H,6-9,17H2,1-3H3. The molecular weight excluding hydrogens is 229 g/mol. The maximum atomic E-state index is 13.4. The summed E-state index contributed by atoms with van der Waals surface area (Å²) in [4.78, 5) is 0. The molecule has 0 aromatic heterocycles. The number of ether oxygens (including phenoxy) is 1. The van der Waals surface area contributed by atoms with Crippen molar-refractivity contribution in [3.63, 3.8) is 0 Å². The van der Waals surface area contributed by atoms with Crippen molar-refractivity contribution in [1.82, 2.24) is 0 Å². The van der Waals surface area contributed by atoms with Crippen LogP contribution in [0.2, 0.25) is 0 Å². The Morgan fingerprint density at radius 2 is 1.78 bits per heavy atom. The molecule has 2 nitrogen and oxygen atoms in total. The van der Waals surface area contributed by atoms with E-state index < -0.39 is 5.54 Å². The van der Waals surface area contributed by atoms with Crippen LogP contribution in [0.5, 0.6) is 5.75 Å². The van der Waals surface area contributed by atoms with Crippen molar-refractivity contribution >= 4 is 0 Å². The lowest BCUT2D eigenvalue weighted by molar-refractivity contribution is 0.162. The molecular formula is C15H22FNO. The highest BCUT2D eigenvalue weighted by Gasteiger charge is 2.38. The molecule has 2 N–H and O–H groups in total. The zero-order valence-electron chi connectivity index (χ0n) is 11.4. The van der Waals surface area contributed by atoms with Crippen molar-refractivity contribution in [2.24, 2.45) is 11.1 Å². The van der Waals surface area contributed by atoms with Crippen LogP contribution < -0.4 is 10.5 Å². The van der Waals surface area contributed by atoms with Crippen LogP contribution in [0.4, 0.5) is 4.39 Å². The molecule has 0 spiro atoms. The molecule has 2 rings (SSSR count). The van der Waals surface area contributed by atoms with E-state index in [1.54, 1.807) is 13.2 Å². The number of benzene rings is 1. The van der Waals surface area contributed by atoms with E-state index in [1.165, 1.54) is 12.1 Å². The predicted molar refractivity (Wildman–Crippen MR) is 71.1 cm³/mol. The summed E-state index contributed by atoms with van der Waals surface area (Å²) in [6.07, 6.45) is 3.87. The van der Waals surface area contributed by atoms with Crippen molar-refractivity contribution in [3.8, 4) is 5.75 Å². The number of hydrogen-bond acceptors (Lipinski definition) is 2. The fraction of sp³-hybridized carbons (Fsp3) is 0.600. The van der Waals surface area contributed by atoms with E-state index in [0.29, 0.717) is 11.2 Å². The lowest BCUT2D eigenvalue weighted by atomic mass is 9.67. The molecule has 1 aromatic carbocycles. The first kappa shape index (κ1) is 13.3. The van der Waals surface area contributed by atoms with Crippen molar-refractivity contribution in [1.29, 1.82) is 0 Å². The van der Waals surface area contributed by atoms with Gasteiger partial charge in [-0.25, -0.2) is 4.39 Å². The third kappa shape index (κ3) is 2.51. The molecule has 0 unspecified atom stereocenters. The van der Waals surface area contributed by atoms with Crippen LogP contribution >= 0.6 is 0 Å². The lowest BCUT2D eigenvalue weighted by Crippen LogP contribution is -2.42. The second-order valence-electron chi connectivity index (χ2n) is 6.16. The summed E-state index contributed by atoms with van der Waals surface area (Å²) in [5.74, 6) is 0.444. The first-order valence-corrected chi connectivity index (χ1v) is 6.49. The van der Waals surface area contributed by atoms with E-state index in [4.69, 9.17) is 10.5 Å². The predicted octanol–water partition coefficient (Wildman–Crippen LogP) is 3.59. The van der Waals surface area contributed by atoms with Gasteiger partial charge in [0.1, 0.15) is 11.6 Å². The van der Waals surface area contributed by atoms with E-state index in [-0.39, 0.29) is 5.82 Å². The van der Waals surface area contributed by atoms with Crippen LogP contribution in [0.1, 0.15) is 45.1 Å². The fourth-order valence-corrected chi connectivity index (χ4v) is 2.71. The quantitative estimate of drug-likeness (QED) is 0.871. The van der Waals surface area contributed by atoms with Crippen LogP contribution in [-0.2, 0) is 5.54 Å². The summed E-state index contributed by atoms with van der Waals surface area (Å²) in [6, 6.07) is 4.61. The summed E-state index contributed by atoms with van der Waals surface area (Å²) in [6.45, 7) is 4.52. The largest absolute Gasteiger partial charge is 0.496 e. The highest BCUT2D eigenvalue weighted by molar-refractivity contribution is 5.40. The average Bonchev–Trinajstić information content (AvgIpc) is 2.33. The first-order valence-electron chi connectivity index (χ1n) is 6.49. The molecule has 0 radical (unpaired) electrons. The zero-order valence-corrected chi connectivity index (χ0v) is 11.4. The zero-order chi connectivity index (χ0) is 13.4. The van der Waals surface area contributed by atoms with Gasteiger partial charge in [-0.15, -0.1) is 0 Å². The van der Waals surface area contributed by atoms with Gasteiger partial charge < -0.3 is 10.5 Å². The monoisotopic (exact) mass is 251 g/mol. The van der Waals surface area contributed by atoms with Gasteiger partial charge in [-0.2, -0.15) is 0 Å². The van der Waals surface area contributed by atoms with Gasteiger partial charge in [0, 0.05) is 11.1 Å². The number of halogens is 1. The Balaban J connectivity index is 2.33. The number of nitrogens with two attached hydrogens (primary N) is 1. The lowest BCUT2D eigenvalue weighted by Gasteiger charge is -2.42. The summed E-state index contributed by atoms with van der Waals surface area (Å²) in [7, 11) is 1.60. The smallest absolute Gasteiger partial charge is 0.124 e. The minimum atomic E-state index is -0.455. The van der Waals surface area contributed by atoms with E-state index in [1.807, 2.05) is 0 Å². The van der Waals surface area contributed by atoms with Gasteiger partial charge in [-0.3, -0.25) is 0 Å². The normalized spacial score (nSPS) is 21.6. The molecule has 3 heteroatoms. The van der Waals surface area contributed by atoms with Crippen LogP contribution in [0, 0.1) is 11.2 Å². The molecule has 0 saturated heterocycles. The number of hydrogen-bond donors (Lipinski definition) is 1. The molecule has 0 heterocycles. The first-order chi connectivity index (χ1) is 8.36. The Hall–Kier alpha value is -1.09. The molecule has 1 aliphatic carbocycles. The van der Waals surface area contributed by atoms with Crippen LogP contribution in [-0.4, -0.2) is 7.11 Å². The van der Waals surface area contributed by atoms with Crippen molar-refractivity contribution < 1.29 is 9.13 Å². The molecule has 0 amide bonds. The van der Waals surface area contributed by atoms with Crippen LogP contribution in [0.25, 0.3) is 0 Å². The molecule has 1 aromatic rings. The van der Waals surface area contributed by atoms with E-state index in [9.17, 15) is 4.39 Å². The number of methoxy groups -OCH3 is 1. The minimum absolute atomic E-state index is 0.250. The van der Waals surface area contributed by atoms with Crippen LogP contribution in [0.3, 0.4) is 0 Å². The van der Waals surface area contributed by atoms with Gasteiger partial charge in [-0.1, -0.05) is 13.8 Å². The van der Waals surface area contributed by atoms with Gasteiger partial charge >= 0.3 is 0 Å². The second kappa shape index (κ2) is 4.54. The molecule has 1 saturated carbocycles. The third-order valence-corrected chi connectivity index (χ3v) is 4.19. The molecule has 18 heavy (non-hydrogen) atoms.